The summed E-state index contributed by atoms with van der Waals surface area (Å²) in [6.45, 7) is 10.4. The van der Waals surface area contributed by atoms with Gasteiger partial charge in [-0.2, -0.15) is 0 Å². The number of morpholine rings is 1. The quantitative estimate of drug-likeness (QED) is 0.830. The van der Waals surface area contributed by atoms with Gasteiger partial charge in [0.1, 0.15) is 0 Å². The van der Waals surface area contributed by atoms with Crippen molar-refractivity contribution in [3.05, 3.63) is 0 Å². The zero-order valence-corrected chi connectivity index (χ0v) is 13.1. The number of nitrogens with two attached hydrogens (primary N) is 1. The van der Waals surface area contributed by atoms with Gasteiger partial charge in [0.2, 0.25) is 5.91 Å². The third-order valence-electron chi connectivity index (χ3n) is 4.25. The highest BCUT2D eigenvalue weighted by atomic mass is 16.5. The van der Waals surface area contributed by atoms with E-state index in [-0.39, 0.29) is 23.7 Å². The average Bonchev–Trinajstić information content (AvgIpc) is 2.86. The Morgan fingerprint density at radius 3 is 2.60 bits per heavy atom. The van der Waals surface area contributed by atoms with Crippen LogP contribution in [-0.4, -0.2) is 66.2 Å². The van der Waals surface area contributed by atoms with Gasteiger partial charge in [-0.3, -0.25) is 9.69 Å². The minimum atomic E-state index is -0.165. The van der Waals surface area contributed by atoms with Gasteiger partial charge in [-0.05, 0) is 33.6 Å². The van der Waals surface area contributed by atoms with Crippen LogP contribution in [0.2, 0.25) is 0 Å². The molecule has 0 spiro atoms. The Hall–Kier alpha value is -0.650. The summed E-state index contributed by atoms with van der Waals surface area (Å²) in [5.74, 6) is 0.259. The molecule has 5 nitrogen and oxygen atoms in total. The molecule has 0 aromatic heterocycles. The SMILES string of the molecule is CC1CN(C(CN)CC(=O)N2CCCC2)CC(C)(C)O1. The van der Waals surface area contributed by atoms with Crippen LogP contribution in [0.15, 0.2) is 0 Å². The normalized spacial score (nSPS) is 28.6. The van der Waals surface area contributed by atoms with E-state index >= 15 is 0 Å². The van der Waals surface area contributed by atoms with Crippen molar-refractivity contribution in [1.82, 2.24) is 9.80 Å². The Labute approximate surface area is 122 Å². The molecule has 0 aromatic rings. The first-order valence-electron chi connectivity index (χ1n) is 7.81. The molecule has 2 aliphatic rings. The Bertz CT molecular complexity index is 340. The smallest absolute Gasteiger partial charge is 0.224 e. The Morgan fingerprint density at radius 1 is 1.40 bits per heavy atom. The van der Waals surface area contributed by atoms with E-state index in [9.17, 15) is 4.79 Å². The predicted octanol–water partition coefficient (Wildman–Crippen LogP) is 0.826. The van der Waals surface area contributed by atoms with Crippen molar-refractivity contribution >= 4 is 5.91 Å². The first-order valence-corrected chi connectivity index (χ1v) is 7.81. The van der Waals surface area contributed by atoms with Crippen molar-refractivity contribution in [2.75, 3.05) is 32.7 Å². The number of amides is 1. The molecule has 2 unspecified atom stereocenters. The minimum absolute atomic E-state index is 0.133. The lowest BCUT2D eigenvalue weighted by molar-refractivity contribution is -0.144. The van der Waals surface area contributed by atoms with Crippen LogP contribution in [0.4, 0.5) is 0 Å². The third kappa shape index (κ3) is 3.93. The maximum atomic E-state index is 12.3. The van der Waals surface area contributed by atoms with Crippen LogP contribution in [0.1, 0.15) is 40.0 Å². The zero-order chi connectivity index (χ0) is 14.8. The highest BCUT2D eigenvalue weighted by Crippen LogP contribution is 2.23. The van der Waals surface area contributed by atoms with E-state index in [4.69, 9.17) is 10.5 Å². The fourth-order valence-corrected chi connectivity index (χ4v) is 3.44. The maximum Gasteiger partial charge on any atom is 0.224 e. The van der Waals surface area contributed by atoms with Gasteiger partial charge in [-0.25, -0.2) is 0 Å². The fraction of sp³-hybridized carbons (Fsp3) is 0.933. The number of nitrogens with zero attached hydrogens (tertiary/aromatic N) is 2. The van der Waals surface area contributed by atoms with Gasteiger partial charge in [-0.15, -0.1) is 0 Å². The first kappa shape index (κ1) is 15.7. The van der Waals surface area contributed by atoms with Crippen molar-refractivity contribution in [3.63, 3.8) is 0 Å². The molecule has 2 saturated heterocycles. The van der Waals surface area contributed by atoms with E-state index in [0.29, 0.717) is 13.0 Å². The number of carbonyl (C=O) groups is 1. The second-order valence-corrected chi connectivity index (χ2v) is 6.80. The third-order valence-corrected chi connectivity index (χ3v) is 4.25. The van der Waals surface area contributed by atoms with E-state index < -0.39 is 0 Å². The summed E-state index contributed by atoms with van der Waals surface area (Å²) in [5.41, 5.74) is 5.77. The highest BCUT2D eigenvalue weighted by Gasteiger charge is 2.35. The van der Waals surface area contributed by atoms with Gasteiger partial charge in [0.15, 0.2) is 0 Å². The number of likely N-dealkylation sites (tertiary alicyclic amines) is 1. The number of hydrogen-bond donors (Lipinski definition) is 1. The molecule has 2 heterocycles. The fourth-order valence-electron chi connectivity index (χ4n) is 3.44. The molecule has 0 aliphatic carbocycles. The van der Waals surface area contributed by atoms with Gasteiger partial charge in [0.25, 0.3) is 0 Å². The molecule has 2 aliphatic heterocycles. The molecular weight excluding hydrogens is 254 g/mol. The van der Waals surface area contributed by atoms with Crippen LogP contribution in [0.5, 0.6) is 0 Å². The van der Waals surface area contributed by atoms with Gasteiger partial charge in [0, 0.05) is 45.2 Å². The van der Waals surface area contributed by atoms with Crippen LogP contribution < -0.4 is 5.73 Å². The monoisotopic (exact) mass is 283 g/mol. The molecule has 5 heteroatoms. The van der Waals surface area contributed by atoms with Crippen LogP contribution in [-0.2, 0) is 9.53 Å². The second kappa shape index (κ2) is 6.41. The Morgan fingerprint density at radius 2 is 2.05 bits per heavy atom. The highest BCUT2D eigenvalue weighted by molar-refractivity contribution is 5.77. The topological polar surface area (TPSA) is 58.8 Å². The molecule has 1 amide bonds. The second-order valence-electron chi connectivity index (χ2n) is 6.80. The lowest BCUT2D eigenvalue weighted by Crippen LogP contribution is -2.57. The van der Waals surface area contributed by atoms with E-state index in [1.54, 1.807) is 0 Å². The molecule has 2 rings (SSSR count). The number of rotatable bonds is 4. The van der Waals surface area contributed by atoms with Crippen LogP contribution in [0, 0.1) is 0 Å². The van der Waals surface area contributed by atoms with Gasteiger partial charge in [0.05, 0.1) is 11.7 Å². The molecular formula is C15H29N3O2. The number of ether oxygens (including phenoxy) is 1. The summed E-state index contributed by atoms with van der Waals surface area (Å²) in [4.78, 5) is 16.6. The van der Waals surface area contributed by atoms with Crippen molar-refractivity contribution in [2.24, 2.45) is 5.73 Å². The largest absolute Gasteiger partial charge is 0.370 e. The van der Waals surface area contributed by atoms with Crippen LogP contribution in [0.25, 0.3) is 0 Å². The average molecular weight is 283 g/mol. The zero-order valence-electron chi connectivity index (χ0n) is 13.1. The van der Waals surface area contributed by atoms with E-state index in [1.165, 1.54) is 0 Å². The van der Waals surface area contributed by atoms with Crippen molar-refractivity contribution in [2.45, 2.75) is 57.8 Å². The van der Waals surface area contributed by atoms with E-state index in [2.05, 4.69) is 25.7 Å². The molecule has 20 heavy (non-hydrogen) atoms. The molecule has 116 valence electrons. The summed E-state index contributed by atoms with van der Waals surface area (Å²) in [5, 5.41) is 0. The summed E-state index contributed by atoms with van der Waals surface area (Å²) in [6, 6.07) is 0.133. The summed E-state index contributed by atoms with van der Waals surface area (Å²) in [6.07, 6.45) is 3.01. The van der Waals surface area contributed by atoms with Crippen molar-refractivity contribution < 1.29 is 9.53 Å². The summed E-state index contributed by atoms with van der Waals surface area (Å²) < 4.78 is 5.93. The van der Waals surface area contributed by atoms with E-state index in [1.807, 2.05) is 4.90 Å². The van der Waals surface area contributed by atoms with E-state index in [0.717, 1.165) is 39.0 Å². The number of carbonyl (C=O) groups excluding carboxylic acids is 1. The molecule has 0 saturated carbocycles. The maximum absolute atomic E-state index is 12.3. The number of hydrogen-bond acceptors (Lipinski definition) is 4. The molecule has 2 atom stereocenters. The Balaban J connectivity index is 1.94. The molecule has 2 N–H and O–H groups in total. The lowest BCUT2D eigenvalue weighted by Gasteiger charge is -2.45. The van der Waals surface area contributed by atoms with Crippen LogP contribution >= 0.6 is 0 Å². The van der Waals surface area contributed by atoms with Gasteiger partial charge in [-0.1, -0.05) is 0 Å². The van der Waals surface area contributed by atoms with Crippen molar-refractivity contribution in [1.29, 1.82) is 0 Å². The van der Waals surface area contributed by atoms with Crippen molar-refractivity contribution in [3.8, 4) is 0 Å². The minimum Gasteiger partial charge on any atom is -0.370 e. The van der Waals surface area contributed by atoms with Gasteiger partial charge < -0.3 is 15.4 Å². The summed E-state index contributed by atoms with van der Waals surface area (Å²) in [7, 11) is 0. The Kier molecular flexibility index (Phi) is 5.04. The van der Waals surface area contributed by atoms with Gasteiger partial charge >= 0.3 is 0 Å². The van der Waals surface area contributed by atoms with Crippen LogP contribution in [0.3, 0.4) is 0 Å². The molecule has 0 bridgehead atoms. The summed E-state index contributed by atoms with van der Waals surface area (Å²) >= 11 is 0. The molecule has 2 fully saturated rings. The lowest BCUT2D eigenvalue weighted by atomic mass is 10.0. The standard InChI is InChI=1S/C15H29N3O2/c1-12-10-18(11-15(2,3)20-12)13(9-16)8-14(19)17-6-4-5-7-17/h12-13H,4-11,16H2,1-3H3. The molecule has 0 aromatic carbocycles. The first-order chi connectivity index (χ1) is 9.41. The molecule has 0 radical (unpaired) electrons. The predicted molar refractivity (Wildman–Crippen MR) is 79.5 cm³/mol.